The van der Waals surface area contributed by atoms with E-state index in [1.807, 2.05) is 24.3 Å². The van der Waals surface area contributed by atoms with Gasteiger partial charge in [-0.1, -0.05) is 31.0 Å². The van der Waals surface area contributed by atoms with Gasteiger partial charge in [-0.2, -0.15) is 5.26 Å². The van der Waals surface area contributed by atoms with Gasteiger partial charge in [0.2, 0.25) is 0 Å². The van der Waals surface area contributed by atoms with Gasteiger partial charge in [0.25, 0.3) is 0 Å². The lowest BCUT2D eigenvalue weighted by atomic mass is 10.1. The van der Waals surface area contributed by atoms with Crippen LogP contribution in [0.4, 0.5) is 5.69 Å². The van der Waals surface area contributed by atoms with Gasteiger partial charge in [-0.3, -0.25) is 4.98 Å². The van der Waals surface area contributed by atoms with E-state index in [4.69, 9.17) is 0 Å². The molecule has 0 unspecified atom stereocenters. The lowest BCUT2D eigenvalue weighted by Crippen LogP contribution is -2.12. The van der Waals surface area contributed by atoms with E-state index >= 15 is 0 Å². The minimum absolute atomic E-state index is 0.636. The van der Waals surface area contributed by atoms with Gasteiger partial charge < -0.3 is 5.32 Å². The summed E-state index contributed by atoms with van der Waals surface area (Å²) in [6, 6.07) is 10.2. The van der Waals surface area contributed by atoms with Gasteiger partial charge in [0, 0.05) is 18.1 Å². The molecule has 0 bridgehead atoms. The Kier molecular flexibility index (Phi) is 3.33. The molecule has 1 saturated carbocycles. The maximum absolute atomic E-state index is 9.24. The molecule has 1 fully saturated rings. The topological polar surface area (TPSA) is 48.7 Å². The van der Waals surface area contributed by atoms with Gasteiger partial charge in [-0.25, -0.2) is 0 Å². The third-order valence-corrected chi connectivity index (χ3v) is 3.94. The third-order valence-electron chi connectivity index (χ3n) is 3.94. The zero-order valence-electron chi connectivity index (χ0n) is 10.9. The third kappa shape index (κ3) is 2.39. The van der Waals surface area contributed by atoms with E-state index in [9.17, 15) is 5.26 Å². The first-order valence-corrected chi connectivity index (χ1v) is 6.90. The van der Waals surface area contributed by atoms with Crippen molar-refractivity contribution in [2.24, 2.45) is 5.92 Å². The number of fused-ring (bicyclic) bond motifs is 1. The van der Waals surface area contributed by atoms with Crippen molar-refractivity contribution in [3.63, 3.8) is 0 Å². The first kappa shape index (κ1) is 12.0. The molecule has 0 amide bonds. The minimum atomic E-state index is 0.636. The fourth-order valence-electron chi connectivity index (χ4n) is 2.88. The van der Waals surface area contributed by atoms with E-state index in [0.29, 0.717) is 5.56 Å². The lowest BCUT2D eigenvalue weighted by Gasteiger charge is -2.14. The predicted molar refractivity (Wildman–Crippen MR) is 76.9 cm³/mol. The molecule has 1 aromatic heterocycles. The minimum Gasteiger partial charge on any atom is -0.383 e. The average molecular weight is 251 g/mol. The van der Waals surface area contributed by atoms with Crippen LogP contribution < -0.4 is 5.32 Å². The van der Waals surface area contributed by atoms with Crippen molar-refractivity contribution in [3.05, 3.63) is 36.0 Å². The Morgan fingerprint density at radius 2 is 2.05 bits per heavy atom. The fourth-order valence-corrected chi connectivity index (χ4v) is 2.88. The molecule has 19 heavy (non-hydrogen) atoms. The molecule has 0 atom stereocenters. The van der Waals surface area contributed by atoms with Gasteiger partial charge in [-0.15, -0.1) is 0 Å². The van der Waals surface area contributed by atoms with E-state index in [-0.39, 0.29) is 0 Å². The van der Waals surface area contributed by atoms with Gasteiger partial charge >= 0.3 is 0 Å². The second-order valence-corrected chi connectivity index (χ2v) is 5.21. The normalized spacial score (nSPS) is 15.5. The van der Waals surface area contributed by atoms with Crippen LogP contribution in [0.3, 0.4) is 0 Å². The molecule has 1 aliphatic carbocycles. The van der Waals surface area contributed by atoms with E-state index in [1.165, 1.54) is 25.7 Å². The van der Waals surface area contributed by atoms with Crippen molar-refractivity contribution < 1.29 is 0 Å². The molecule has 1 N–H and O–H groups in total. The Balaban J connectivity index is 1.93. The molecule has 96 valence electrons. The molecule has 0 saturated heterocycles. The molecule has 1 heterocycles. The number of nitrogens with zero attached hydrogens (tertiary/aromatic N) is 2. The molecule has 1 aromatic carbocycles. The van der Waals surface area contributed by atoms with Crippen LogP contribution in [0.15, 0.2) is 30.5 Å². The summed E-state index contributed by atoms with van der Waals surface area (Å²) >= 11 is 0. The standard InChI is InChI=1S/C16H17N3/c17-9-13-11-18-15-8-4-3-7-14(15)16(13)19-10-12-5-1-2-6-12/h3-4,7-8,11-12H,1-2,5-6,10H2,(H,18,19). The van der Waals surface area contributed by atoms with Crippen molar-refractivity contribution in [2.45, 2.75) is 25.7 Å². The molecule has 3 nitrogen and oxygen atoms in total. The highest BCUT2D eigenvalue weighted by molar-refractivity contribution is 5.93. The largest absolute Gasteiger partial charge is 0.383 e. The number of hydrogen-bond donors (Lipinski definition) is 1. The maximum Gasteiger partial charge on any atom is 0.103 e. The van der Waals surface area contributed by atoms with E-state index in [2.05, 4.69) is 16.4 Å². The second kappa shape index (κ2) is 5.27. The molecule has 3 rings (SSSR count). The summed E-state index contributed by atoms with van der Waals surface area (Å²) in [4.78, 5) is 4.33. The van der Waals surface area contributed by atoms with Crippen LogP contribution in [0.5, 0.6) is 0 Å². The average Bonchev–Trinajstić information content (AvgIpc) is 2.97. The van der Waals surface area contributed by atoms with Crippen LogP contribution in [0, 0.1) is 17.2 Å². The molecule has 0 aliphatic heterocycles. The van der Waals surface area contributed by atoms with Crippen LogP contribution in [-0.2, 0) is 0 Å². The summed E-state index contributed by atoms with van der Waals surface area (Å²) in [6.45, 7) is 0.961. The Bertz CT molecular complexity index is 621. The Hall–Kier alpha value is -2.08. The number of pyridine rings is 1. The summed E-state index contributed by atoms with van der Waals surface area (Å²) in [5.41, 5.74) is 2.52. The first-order chi connectivity index (χ1) is 9.38. The lowest BCUT2D eigenvalue weighted by molar-refractivity contribution is 0.580. The second-order valence-electron chi connectivity index (χ2n) is 5.21. The molecular weight excluding hydrogens is 234 g/mol. The van der Waals surface area contributed by atoms with E-state index < -0.39 is 0 Å². The number of rotatable bonds is 3. The number of nitrogens with one attached hydrogen (secondary N) is 1. The molecule has 0 spiro atoms. The summed E-state index contributed by atoms with van der Waals surface area (Å²) in [7, 11) is 0. The van der Waals surface area contributed by atoms with E-state index in [0.717, 1.165) is 29.1 Å². The Morgan fingerprint density at radius 1 is 1.26 bits per heavy atom. The number of nitriles is 1. The highest BCUT2D eigenvalue weighted by Crippen LogP contribution is 2.28. The summed E-state index contributed by atoms with van der Waals surface area (Å²) in [6.07, 6.45) is 6.96. The number of anilines is 1. The fraction of sp³-hybridized carbons (Fsp3) is 0.375. The van der Waals surface area contributed by atoms with Crippen LogP contribution in [0.2, 0.25) is 0 Å². The maximum atomic E-state index is 9.24. The van der Waals surface area contributed by atoms with Gasteiger partial charge in [0.15, 0.2) is 0 Å². The van der Waals surface area contributed by atoms with Crippen LogP contribution in [0.25, 0.3) is 10.9 Å². The van der Waals surface area contributed by atoms with E-state index in [1.54, 1.807) is 6.20 Å². The van der Waals surface area contributed by atoms with Crippen LogP contribution in [-0.4, -0.2) is 11.5 Å². The summed E-state index contributed by atoms with van der Waals surface area (Å²) in [5.74, 6) is 0.749. The van der Waals surface area contributed by atoms with Gasteiger partial charge in [-0.05, 0) is 24.8 Å². The number of para-hydroxylation sites is 1. The molecular formula is C16H17N3. The van der Waals surface area contributed by atoms with Crippen LogP contribution in [0.1, 0.15) is 31.2 Å². The van der Waals surface area contributed by atoms with Crippen molar-refractivity contribution in [1.29, 1.82) is 5.26 Å². The number of hydrogen-bond acceptors (Lipinski definition) is 3. The van der Waals surface area contributed by atoms with Crippen LogP contribution >= 0.6 is 0 Å². The smallest absolute Gasteiger partial charge is 0.103 e. The van der Waals surface area contributed by atoms with Crippen molar-refractivity contribution in [2.75, 3.05) is 11.9 Å². The van der Waals surface area contributed by atoms with Gasteiger partial charge in [0.05, 0.1) is 16.8 Å². The highest BCUT2D eigenvalue weighted by Gasteiger charge is 2.16. The quantitative estimate of drug-likeness (QED) is 0.904. The zero-order chi connectivity index (χ0) is 13.1. The summed E-state index contributed by atoms with van der Waals surface area (Å²) < 4.78 is 0. The molecule has 2 aromatic rings. The number of aromatic nitrogens is 1. The number of benzene rings is 1. The SMILES string of the molecule is N#Cc1cnc2ccccc2c1NCC1CCCC1. The van der Waals surface area contributed by atoms with Crippen molar-refractivity contribution >= 4 is 16.6 Å². The zero-order valence-corrected chi connectivity index (χ0v) is 10.9. The summed E-state index contributed by atoms with van der Waals surface area (Å²) in [5, 5.41) is 13.8. The van der Waals surface area contributed by atoms with Crippen molar-refractivity contribution in [3.8, 4) is 6.07 Å². The Labute approximate surface area is 113 Å². The first-order valence-electron chi connectivity index (χ1n) is 6.90. The molecule has 0 radical (unpaired) electrons. The highest BCUT2D eigenvalue weighted by atomic mass is 14.9. The van der Waals surface area contributed by atoms with Gasteiger partial charge in [0.1, 0.15) is 6.07 Å². The molecule has 1 aliphatic rings. The Morgan fingerprint density at radius 3 is 2.84 bits per heavy atom. The monoisotopic (exact) mass is 251 g/mol. The predicted octanol–water partition coefficient (Wildman–Crippen LogP) is 3.71. The molecule has 3 heteroatoms. The van der Waals surface area contributed by atoms with Crippen molar-refractivity contribution in [1.82, 2.24) is 4.98 Å².